The Labute approximate surface area is 105 Å². The molecule has 0 unspecified atom stereocenters. The van der Waals surface area contributed by atoms with Gasteiger partial charge < -0.3 is 14.3 Å². The van der Waals surface area contributed by atoms with E-state index in [1.54, 1.807) is 7.11 Å². The molecule has 5 heteroatoms. The van der Waals surface area contributed by atoms with Gasteiger partial charge in [-0.15, -0.1) is 0 Å². The topological polar surface area (TPSA) is 39.7 Å². The third kappa shape index (κ3) is 1.68. The number of ether oxygens (including phenoxy) is 2. The number of benzene rings is 1. The molecule has 0 fully saturated rings. The molecule has 4 nitrogen and oxygen atoms in total. The molecule has 1 aromatic rings. The van der Waals surface area contributed by atoms with E-state index in [1.165, 1.54) is 0 Å². The smallest absolute Gasteiger partial charge is 0.142 e. The fourth-order valence-corrected chi connectivity index (χ4v) is 2.83. The Morgan fingerprint density at radius 1 is 1.18 bits per heavy atom. The molecule has 0 saturated heterocycles. The van der Waals surface area contributed by atoms with Gasteiger partial charge in [0.2, 0.25) is 0 Å². The molecule has 1 N–H and O–H groups in total. The van der Waals surface area contributed by atoms with Crippen molar-refractivity contribution in [1.82, 2.24) is 5.48 Å². The van der Waals surface area contributed by atoms with Gasteiger partial charge >= 0.3 is 0 Å². The van der Waals surface area contributed by atoms with E-state index >= 15 is 0 Å². The summed E-state index contributed by atoms with van der Waals surface area (Å²) in [5.41, 5.74) is 6.21. The van der Waals surface area contributed by atoms with Gasteiger partial charge in [0.05, 0.1) is 31.9 Å². The quantitative estimate of drug-likeness (QED) is 0.837. The normalized spacial score (nSPS) is 16.4. The van der Waals surface area contributed by atoms with E-state index in [4.69, 9.17) is 25.9 Å². The van der Waals surface area contributed by atoms with Crippen molar-refractivity contribution >= 4 is 11.6 Å². The highest BCUT2D eigenvalue weighted by Crippen LogP contribution is 2.46. The predicted octanol–water partition coefficient (Wildman–Crippen LogP) is 1.86. The van der Waals surface area contributed by atoms with Crippen LogP contribution in [0, 0.1) is 0 Å². The Hall–Kier alpha value is -0.970. The first kappa shape index (κ1) is 11.1. The monoisotopic (exact) mass is 255 g/mol. The summed E-state index contributed by atoms with van der Waals surface area (Å²) in [5.74, 6) is 1.76. The van der Waals surface area contributed by atoms with Gasteiger partial charge in [-0.1, -0.05) is 11.6 Å². The lowest BCUT2D eigenvalue weighted by Crippen LogP contribution is -2.13. The third-order valence-electron chi connectivity index (χ3n) is 3.24. The van der Waals surface area contributed by atoms with Crippen LogP contribution in [0.25, 0.3) is 0 Å². The lowest BCUT2D eigenvalue weighted by atomic mass is 9.99. The molecule has 0 amide bonds. The van der Waals surface area contributed by atoms with Crippen molar-refractivity contribution in [2.24, 2.45) is 0 Å². The molecule has 0 spiro atoms. The Bertz CT molecular complexity index is 427. The minimum Gasteiger partial charge on any atom is -0.493 e. The second-order valence-corrected chi connectivity index (χ2v) is 4.51. The minimum absolute atomic E-state index is 0.613. The lowest BCUT2D eigenvalue weighted by Gasteiger charge is -2.14. The van der Waals surface area contributed by atoms with Crippen LogP contribution in [0.5, 0.6) is 11.5 Å². The van der Waals surface area contributed by atoms with Crippen LogP contribution in [-0.2, 0) is 24.2 Å². The van der Waals surface area contributed by atoms with Crippen molar-refractivity contribution in [3.63, 3.8) is 0 Å². The largest absolute Gasteiger partial charge is 0.493 e. The molecule has 2 aliphatic rings. The van der Waals surface area contributed by atoms with Crippen LogP contribution in [0.2, 0.25) is 5.02 Å². The molecule has 0 bridgehead atoms. The fraction of sp³-hybridized carbons (Fsp3) is 0.500. The average molecular weight is 256 g/mol. The van der Waals surface area contributed by atoms with Gasteiger partial charge in [0.15, 0.2) is 0 Å². The SMILES string of the molecule is CONCc1c2c(c(Cl)c3c1OCC3)OCC2. The molecule has 0 saturated carbocycles. The number of fused-ring (bicyclic) bond motifs is 2. The number of hydroxylamine groups is 1. The summed E-state index contributed by atoms with van der Waals surface area (Å²) < 4.78 is 11.3. The summed E-state index contributed by atoms with van der Waals surface area (Å²) in [6.45, 7) is 2.00. The van der Waals surface area contributed by atoms with Crippen molar-refractivity contribution in [3.8, 4) is 11.5 Å². The minimum atomic E-state index is 0.613. The van der Waals surface area contributed by atoms with Gasteiger partial charge in [-0.2, -0.15) is 5.48 Å². The second kappa shape index (κ2) is 4.37. The summed E-state index contributed by atoms with van der Waals surface area (Å²) in [4.78, 5) is 4.92. The summed E-state index contributed by atoms with van der Waals surface area (Å²) in [5, 5.41) is 0.728. The van der Waals surface area contributed by atoms with E-state index in [9.17, 15) is 0 Å². The van der Waals surface area contributed by atoms with Crippen LogP contribution in [0.1, 0.15) is 16.7 Å². The molecule has 0 aliphatic carbocycles. The zero-order valence-electron chi connectivity index (χ0n) is 9.64. The number of nitrogens with one attached hydrogen (secondary N) is 1. The summed E-state index contributed by atoms with van der Waals surface area (Å²) in [6.07, 6.45) is 1.73. The number of halogens is 1. The van der Waals surface area contributed by atoms with Crippen molar-refractivity contribution < 1.29 is 14.3 Å². The number of hydrogen-bond acceptors (Lipinski definition) is 4. The van der Waals surface area contributed by atoms with Crippen LogP contribution >= 0.6 is 11.6 Å². The molecule has 0 aromatic heterocycles. The molecule has 0 atom stereocenters. The second-order valence-electron chi connectivity index (χ2n) is 4.13. The molecule has 2 heterocycles. The van der Waals surface area contributed by atoms with E-state index < -0.39 is 0 Å². The van der Waals surface area contributed by atoms with Crippen LogP contribution < -0.4 is 15.0 Å². The van der Waals surface area contributed by atoms with Crippen molar-refractivity contribution in [2.45, 2.75) is 19.4 Å². The van der Waals surface area contributed by atoms with Gasteiger partial charge in [0, 0.05) is 29.5 Å². The maximum Gasteiger partial charge on any atom is 0.142 e. The Morgan fingerprint density at radius 2 is 1.88 bits per heavy atom. The molecule has 17 heavy (non-hydrogen) atoms. The van der Waals surface area contributed by atoms with Crippen LogP contribution in [0.4, 0.5) is 0 Å². The highest BCUT2D eigenvalue weighted by molar-refractivity contribution is 6.33. The first-order valence-electron chi connectivity index (χ1n) is 5.70. The third-order valence-corrected chi connectivity index (χ3v) is 3.64. The van der Waals surface area contributed by atoms with Gasteiger partial charge in [0.1, 0.15) is 11.5 Å². The molecule has 1 aromatic carbocycles. The van der Waals surface area contributed by atoms with Crippen molar-refractivity contribution in [2.75, 3.05) is 20.3 Å². The fourth-order valence-electron chi connectivity index (χ4n) is 2.48. The Morgan fingerprint density at radius 3 is 2.65 bits per heavy atom. The molecule has 0 radical (unpaired) electrons. The maximum absolute atomic E-state index is 6.35. The van der Waals surface area contributed by atoms with Crippen LogP contribution in [0.15, 0.2) is 0 Å². The number of rotatable bonds is 3. The highest BCUT2D eigenvalue weighted by atomic mass is 35.5. The molecule has 92 valence electrons. The van der Waals surface area contributed by atoms with Crippen LogP contribution in [-0.4, -0.2) is 20.3 Å². The molecular weight excluding hydrogens is 242 g/mol. The standard InChI is InChI=1S/C12H14ClNO3/c1-15-14-6-9-7-2-4-17-12(7)10(13)8-3-5-16-11(8)9/h14H,2-6H2,1H3. The predicted molar refractivity (Wildman–Crippen MR) is 63.7 cm³/mol. The molecular formula is C12H14ClNO3. The van der Waals surface area contributed by atoms with E-state index in [-0.39, 0.29) is 0 Å². The Kier molecular flexibility index (Phi) is 2.86. The summed E-state index contributed by atoms with van der Waals surface area (Å²) in [7, 11) is 1.60. The van der Waals surface area contributed by atoms with Gasteiger partial charge in [-0.3, -0.25) is 0 Å². The van der Waals surface area contributed by atoms with E-state index in [1.807, 2.05) is 0 Å². The van der Waals surface area contributed by atoms with Crippen molar-refractivity contribution in [1.29, 1.82) is 0 Å². The first-order chi connectivity index (χ1) is 8.33. The average Bonchev–Trinajstić information content (AvgIpc) is 2.97. The van der Waals surface area contributed by atoms with E-state index in [0.29, 0.717) is 19.8 Å². The molecule has 2 aliphatic heterocycles. The van der Waals surface area contributed by atoms with Gasteiger partial charge in [-0.05, 0) is 0 Å². The van der Waals surface area contributed by atoms with Crippen molar-refractivity contribution in [3.05, 3.63) is 21.7 Å². The van der Waals surface area contributed by atoms with E-state index in [0.717, 1.165) is 46.1 Å². The maximum atomic E-state index is 6.35. The zero-order valence-corrected chi connectivity index (χ0v) is 10.4. The zero-order chi connectivity index (χ0) is 11.8. The molecule has 3 rings (SSSR count). The first-order valence-corrected chi connectivity index (χ1v) is 6.08. The number of hydrogen-bond donors (Lipinski definition) is 1. The summed E-state index contributed by atoms with van der Waals surface area (Å²) in [6, 6.07) is 0. The highest BCUT2D eigenvalue weighted by Gasteiger charge is 2.30. The van der Waals surface area contributed by atoms with Gasteiger partial charge in [0.25, 0.3) is 0 Å². The van der Waals surface area contributed by atoms with E-state index in [2.05, 4.69) is 5.48 Å². The lowest BCUT2D eigenvalue weighted by molar-refractivity contribution is 0.0859. The summed E-state index contributed by atoms with van der Waals surface area (Å²) >= 11 is 6.35. The van der Waals surface area contributed by atoms with Gasteiger partial charge in [-0.25, -0.2) is 0 Å². The van der Waals surface area contributed by atoms with Crippen LogP contribution in [0.3, 0.4) is 0 Å². The Balaban J connectivity index is 2.12.